The molecule has 5 atom stereocenters. The molecular weight excluding hydrogens is 246 g/mol. The summed E-state index contributed by atoms with van der Waals surface area (Å²) in [4.78, 5) is 23.4. The van der Waals surface area contributed by atoms with E-state index in [1.807, 2.05) is 6.92 Å². The number of hydrogen-bond acceptors (Lipinski definition) is 3. The van der Waals surface area contributed by atoms with Crippen molar-refractivity contribution in [1.29, 1.82) is 0 Å². The number of aliphatic hydroxyl groups is 1. The highest BCUT2D eigenvalue weighted by Crippen LogP contribution is 2.36. The van der Waals surface area contributed by atoms with Gasteiger partial charge in [-0.3, -0.25) is 9.59 Å². The van der Waals surface area contributed by atoms with Crippen LogP contribution in [0.3, 0.4) is 0 Å². The van der Waals surface area contributed by atoms with Crippen LogP contribution < -0.4 is 5.32 Å². The molecule has 19 heavy (non-hydrogen) atoms. The number of amides is 1. The lowest BCUT2D eigenvalue weighted by atomic mass is 9.90. The molecule has 2 saturated carbocycles. The van der Waals surface area contributed by atoms with Gasteiger partial charge in [0.05, 0.1) is 24.0 Å². The van der Waals surface area contributed by atoms with Gasteiger partial charge in [-0.25, -0.2) is 0 Å². The molecule has 3 N–H and O–H groups in total. The van der Waals surface area contributed by atoms with Gasteiger partial charge in [0.15, 0.2) is 0 Å². The summed E-state index contributed by atoms with van der Waals surface area (Å²) >= 11 is 0. The van der Waals surface area contributed by atoms with Crippen molar-refractivity contribution in [2.45, 2.75) is 57.6 Å². The Hall–Kier alpha value is -1.10. The first-order valence-corrected chi connectivity index (χ1v) is 7.20. The van der Waals surface area contributed by atoms with Gasteiger partial charge in [-0.05, 0) is 31.6 Å². The maximum atomic E-state index is 12.2. The van der Waals surface area contributed by atoms with Crippen molar-refractivity contribution in [3.63, 3.8) is 0 Å². The molecule has 108 valence electrons. The Kier molecular flexibility index (Phi) is 4.45. The molecular formula is C14H23NO4. The Bertz CT molecular complexity index is 357. The van der Waals surface area contributed by atoms with Crippen LogP contribution in [0.25, 0.3) is 0 Å². The SMILES string of the molecule is CC1CC(C(=O)O)C(C(=O)N[C@H]2CCCC[C@@H]2O)C1. The molecule has 0 aromatic heterocycles. The van der Waals surface area contributed by atoms with E-state index >= 15 is 0 Å². The zero-order chi connectivity index (χ0) is 14.0. The lowest BCUT2D eigenvalue weighted by Crippen LogP contribution is -2.48. The molecule has 2 aliphatic carbocycles. The van der Waals surface area contributed by atoms with Gasteiger partial charge in [-0.1, -0.05) is 19.8 Å². The minimum absolute atomic E-state index is 0.192. The molecule has 3 unspecified atom stereocenters. The molecule has 0 spiro atoms. The van der Waals surface area contributed by atoms with E-state index in [0.29, 0.717) is 19.3 Å². The number of carboxylic acids is 1. The molecule has 0 aromatic carbocycles. The molecule has 2 rings (SSSR count). The number of nitrogens with one attached hydrogen (secondary N) is 1. The summed E-state index contributed by atoms with van der Waals surface area (Å²) in [6.07, 6.45) is 4.21. The van der Waals surface area contributed by atoms with E-state index in [9.17, 15) is 19.8 Å². The number of carbonyl (C=O) groups excluding carboxylic acids is 1. The fourth-order valence-corrected chi connectivity index (χ4v) is 3.42. The third-order valence-electron chi connectivity index (χ3n) is 4.51. The van der Waals surface area contributed by atoms with Gasteiger partial charge >= 0.3 is 5.97 Å². The second-order valence-corrected chi connectivity index (χ2v) is 6.09. The van der Waals surface area contributed by atoms with Crippen LogP contribution in [0.1, 0.15) is 45.4 Å². The van der Waals surface area contributed by atoms with E-state index in [-0.39, 0.29) is 17.9 Å². The molecule has 0 bridgehead atoms. The van der Waals surface area contributed by atoms with E-state index in [1.165, 1.54) is 0 Å². The maximum Gasteiger partial charge on any atom is 0.307 e. The second kappa shape index (κ2) is 5.90. The lowest BCUT2D eigenvalue weighted by Gasteiger charge is -2.29. The van der Waals surface area contributed by atoms with Crippen LogP contribution in [0.5, 0.6) is 0 Å². The first-order chi connectivity index (χ1) is 8.99. The lowest BCUT2D eigenvalue weighted by molar-refractivity contribution is -0.146. The summed E-state index contributed by atoms with van der Waals surface area (Å²) in [5.74, 6) is -1.82. The van der Waals surface area contributed by atoms with Crippen molar-refractivity contribution >= 4 is 11.9 Å². The van der Waals surface area contributed by atoms with E-state index in [1.54, 1.807) is 0 Å². The number of hydrogen-bond donors (Lipinski definition) is 3. The van der Waals surface area contributed by atoms with E-state index in [2.05, 4.69) is 5.32 Å². The number of rotatable bonds is 3. The molecule has 5 heteroatoms. The van der Waals surface area contributed by atoms with Crippen molar-refractivity contribution in [2.75, 3.05) is 0 Å². The largest absolute Gasteiger partial charge is 0.481 e. The van der Waals surface area contributed by atoms with E-state index < -0.39 is 23.9 Å². The van der Waals surface area contributed by atoms with Gasteiger partial charge in [0.1, 0.15) is 0 Å². The Morgan fingerprint density at radius 2 is 1.74 bits per heavy atom. The molecule has 0 radical (unpaired) electrons. The molecule has 2 aliphatic rings. The summed E-state index contributed by atoms with van der Waals surface area (Å²) in [5, 5.41) is 21.9. The van der Waals surface area contributed by atoms with Crippen LogP contribution in [0.2, 0.25) is 0 Å². The summed E-state index contributed by atoms with van der Waals surface area (Å²) in [7, 11) is 0. The molecule has 0 aromatic rings. The zero-order valence-electron chi connectivity index (χ0n) is 11.3. The van der Waals surface area contributed by atoms with Crippen LogP contribution in [0.15, 0.2) is 0 Å². The fourth-order valence-electron chi connectivity index (χ4n) is 3.42. The van der Waals surface area contributed by atoms with Crippen LogP contribution in [0, 0.1) is 17.8 Å². The van der Waals surface area contributed by atoms with Crippen LogP contribution in [0.4, 0.5) is 0 Å². The normalized spacial score (nSPS) is 38.9. The highest BCUT2D eigenvalue weighted by molar-refractivity contribution is 5.85. The monoisotopic (exact) mass is 269 g/mol. The summed E-state index contributed by atoms with van der Waals surface area (Å²) in [6.45, 7) is 1.98. The van der Waals surface area contributed by atoms with Crippen molar-refractivity contribution in [3.8, 4) is 0 Å². The third-order valence-corrected chi connectivity index (χ3v) is 4.51. The topological polar surface area (TPSA) is 86.6 Å². The van der Waals surface area contributed by atoms with Gasteiger partial charge in [-0.2, -0.15) is 0 Å². The minimum Gasteiger partial charge on any atom is -0.481 e. The smallest absolute Gasteiger partial charge is 0.307 e. The van der Waals surface area contributed by atoms with Gasteiger partial charge in [0.25, 0.3) is 0 Å². The Labute approximate surface area is 113 Å². The molecule has 0 heterocycles. The van der Waals surface area contributed by atoms with Crippen molar-refractivity contribution in [1.82, 2.24) is 5.32 Å². The standard InChI is InChI=1S/C14H23NO4/c1-8-6-9(10(7-8)14(18)19)13(17)15-11-4-2-3-5-12(11)16/h8-12,16H,2-7H2,1H3,(H,15,17)(H,18,19)/t8?,9?,10?,11-,12-/m0/s1. The average molecular weight is 269 g/mol. The van der Waals surface area contributed by atoms with Crippen molar-refractivity contribution in [2.24, 2.45) is 17.8 Å². The Morgan fingerprint density at radius 3 is 2.37 bits per heavy atom. The third kappa shape index (κ3) is 3.26. The summed E-state index contributed by atoms with van der Waals surface area (Å²) < 4.78 is 0. The van der Waals surface area contributed by atoms with Gasteiger partial charge < -0.3 is 15.5 Å². The first-order valence-electron chi connectivity index (χ1n) is 7.20. The number of carbonyl (C=O) groups is 2. The second-order valence-electron chi connectivity index (χ2n) is 6.09. The summed E-state index contributed by atoms with van der Waals surface area (Å²) in [5.41, 5.74) is 0. The van der Waals surface area contributed by atoms with Crippen molar-refractivity contribution < 1.29 is 19.8 Å². The molecule has 0 saturated heterocycles. The predicted octanol–water partition coefficient (Wildman–Crippen LogP) is 1.15. The highest BCUT2D eigenvalue weighted by Gasteiger charge is 2.42. The zero-order valence-corrected chi connectivity index (χ0v) is 11.3. The van der Waals surface area contributed by atoms with E-state index in [4.69, 9.17) is 0 Å². The van der Waals surface area contributed by atoms with Gasteiger partial charge in [-0.15, -0.1) is 0 Å². The Balaban J connectivity index is 1.96. The predicted molar refractivity (Wildman–Crippen MR) is 69.4 cm³/mol. The average Bonchev–Trinajstić information content (AvgIpc) is 2.74. The summed E-state index contributed by atoms with van der Waals surface area (Å²) in [6, 6.07) is -0.202. The van der Waals surface area contributed by atoms with Crippen LogP contribution in [-0.2, 0) is 9.59 Å². The van der Waals surface area contributed by atoms with Gasteiger partial charge in [0, 0.05) is 0 Å². The Morgan fingerprint density at radius 1 is 1.11 bits per heavy atom. The van der Waals surface area contributed by atoms with Crippen molar-refractivity contribution in [3.05, 3.63) is 0 Å². The quantitative estimate of drug-likeness (QED) is 0.717. The molecule has 2 fully saturated rings. The fraction of sp³-hybridized carbons (Fsp3) is 0.857. The molecule has 0 aliphatic heterocycles. The van der Waals surface area contributed by atoms with Crippen LogP contribution >= 0.6 is 0 Å². The maximum absolute atomic E-state index is 12.2. The molecule has 1 amide bonds. The minimum atomic E-state index is -0.881. The number of aliphatic carboxylic acids is 1. The molecule has 5 nitrogen and oxygen atoms in total. The number of aliphatic hydroxyl groups excluding tert-OH is 1. The first kappa shape index (κ1) is 14.3. The number of carboxylic acid groups (broad SMARTS) is 1. The highest BCUT2D eigenvalue weighted by atomic mass is 16.4. The van der Waals surface area contributed by atoms with E-state index in [0.717, 1.165) is 19.3 Å². The van der Waals surface area contributed by atoms with Crippen LogP contribution in [-0.4, -0.2) is 34.2 Å². The van der Waals surface area contributed by atoms with Gasteiger partial charge in [0.2, 0.25) is 5.91 Å².